The Bertz CT molecular complexity index is 558. The van der Waals surface area contributed by atoms with E-state index < -0.39 is 0 Å². The second-order valence-corrected chi connectivity index (χ2v) is 3.88. The molecule has 1 aromatic carbocycles. The van der Waals surface area contributed by atoms with E-state index in [0.29, 0.717) is 29.8 Å². The quantitative estimate of drug-likeness (QED) is 0.862. The zero-order valence-electron chi connectivity index (χ0n) is 10.7. The van der Waals surface area contributed by atoms with E-state index >= 15 is 0 Å². The van der Waals surface area contributed by atoms with Gasteiger partial charge < -0.3 is 20.3 Å². The molecular formula is C14H16N2O3. The molecule has 100 valence electrons. The topological polar surface area (TPSA) is 77.6 Å². The molecule has 1 heterocycles. The molecule has 0 atom stereocenters. The van der Waals surface area contributed by atoms with Crippen LogP contribution in [0.15, 0.2) is 36.4 Å². The van der Waals surface area contributed by atoms with Crippen molar-refractivity contribution in [3.63, 3.8) is 0 Å². The van der Waals surface area contributed by atoms with Crippen LogP contribution in [-0.4, -0.2) is 16.7 Å². The second-order valence-electron chi connectivity index (χ2n) is 3.88. The fraction of sp³-hybridized carbons (Fsp3) is 0.214. The molecule has 1 aromatic heterocycles. The summed E-state index contributed by atoms with van der Waals surface area (Å²) in [5.74, 6) is 1.36. The summed E-state index contributed by atoms with van der Waals surface area (Å²) in [6, 6.07) is 10.5. The van der Waals surface area contributed by atoms with E-state index in [0.717, 1.165) is 5.56 Å². The average Bonchev–Trinajstić information content (AvgIpc) is 2.43. The number of pyridine rings is 1. The highest BCUT2D eigenvalue weighted by molar-refractivity contribution is 5.49. The minimum Gasteiger partial charge on any atom is -0.476 e. The Balaban J connectivity index is 2.20. The van der Waals surface area contributed by atoms with Crippen molar-refractivity contribution < 1.29 is 14.6 Å². The number of ether oxygens (including phenoxy) is 2. The lowest BCUT2D eigenvalue weighted by Crippen LogP contribution is -2.00. The highest BCUT2D eigenvalue weighted by Gasteiger charge is 2.06. The highest BCUT2D eigenvalue weighted by atomic mass is 16.5. The molecule has 5 nitrogen and oxygen atoms in total. The molecule has 0 aliphatic rings. The molecule has 2 rings (SSSR count). The van der Waals surface area contributed by atoms with Crippen LogP contribution in [0.25, 0.3) is 0 Å². The molecular weight excluding hydrogens is 244 g/mol. The molecule has 0 amide bonds. The summed E-state index contributed by atoms with van der Waals surface area (Å²) in [5.41, 5.74) is 6.98. The molecule has 0 aliphatic heterocycles. The Morgan fingerprint density at radius 1 is 1.26 bits per heavy atom. The van der Waals surface area contributed by atoms with Gasteiger partial charge in [0.25, 0.3) is 0 Å². The van der Waals surface area contributed by atoms with Gasteiger partial charge in [-0.3, -0.25) is 0 Å². The van der Waals surface area contributed by atoms with Gasteiger partial charge in [0.15, 0.2) is 0 Å². The fourth-order valence-corrected chi connectivity index (χ4v) is 1.57. The van der Waals surface area contributed by atoms with E-state index in [4.69, 9.17) is 20.3 Å². The van der Waals surface area contributed by atoms with Gasteiger partial charge >= 0.3 is 0 Å². The molecule has 3 N–H and O–H groups in total. The van der Waals surface area contributed by atoms with E-state index in [1.54, 1.807) is 24.3 Å². The summed E-state index contributed by atoms with van der Waals surface area (Å²) in [7, 11) is 0. The van der Waals surface area contributed by atoms with Gasteiger partial charge in [0.05, 0.1) is 18.9 Å². The molecule has 0 radical (unpaired) electrons. The summed E-state index contributed by atoms with van der Waals surface area (Å²) in [4.78, 5) is 4.18. The van der Waals surface area contributed by atoms with E-state index in [1.165, 1.54) is 0 Å². The van der Waals surface area contributed by atoms with Crippen LogP contribution in [0.5, 0.6) is 17.5 Å². The van der Waals surface area contributed by atoms with Crippen LogP contribution in [-0.2, 0) is 6.61 Å². The Morgan fingerprint density at radius 3 is 2.84 bits per heavy atom. The number of nitrogen functional groups attached to an aromatic ring is 1. The number of hydrogen-bond acceptors (Lipinski definition) is 5. The van der Waals surface area contributed by atoms with Gasteiger partial charge in [0.2, 0.25) is 11.8 Å². The van der Waals surface area contributed by atoms with Crippen LogP contribution in [0.4, 0.5) is 5.69 Å². The third-order valence-electron chi connectivity index (χ3n) is 2.45. The van der Waals surface area contributed by atoms with Gasteiger partial charge in [-0.05, 0) is 30.7 Å². The Labute approximate surface area is 111 Å². The minimum absolute atomic E-state index is 0.0312. The molecule has 0 fully saturated rings. The molecule has 0 saturated heterocycles. The van der Waals surface area contributed by atoms with Crippen molar-refractivity contribution in [2.45, 2.75) is 13.5 Å². The SMILES string of the molecule is CCOc1nc(Oc2cccc(CO)c2)ccc1N. The minimum atomic E-state index is -0.0312. The fourth-order valence-electron chi connectivity index (χ4n) is 1.57. The normalized spacial score (nSPS) is 10.2. The second kappa shape index (κ2) is 6.06. The summed E-state index contributed by atoms with van der Waals surface area (Å²) in [6.45, 7) is 2.32. The molecule has 0 saturated carbocycles. The van der Waals surface area contributed by atoms with E-state index in [9.17, 15) is 0 Å². The van der Waals surface area contributed by atoms with Crippen molar-refractivity contribution in [1.82, 2.24) is 4.98 Å². The number of nitrogens with zero attached hydrogens (tertiary/aromatic N) is 1. The first-order valence-electron chi connectivity index (χ1n) is 6.00. The van der Waals surface area contributed by atoms with Crippen LogP contribution in [0, 0.1) is 0 Å². The van der Waals surface area contributed by atoms with Crippen LogP contribution in [0.1, 0.15) is 12.5 Å². The molecule has 0 aliphatic carbocycles. The molecule has 0 spiro atoms. The van der Waals surface area contributed by atoms with Crippen molar-refractivity contribution in [2.75, 3.05) is 12.3 Å². The lowest BCUT2D eigenvalue weighted by molar-refractivity contribution is 0.281. The van der Waals surface area contributed by atoms with Crippen molar-refractivity contribution >= 4 is 5.69 Å². The first-order chi connectivity index (χ1) is 9.22. The van der Waals surface area contributed by atoms with Gasteiger partial charge in [0.1, 0.15) is 5.75 Å². The predicted molar refractivity (Wildman–Crippen MR) is 72.3 cm³/mol. The van der Waals surface area contributed by atoms with Crippen LogP contribution < -0.4 is 15.2 Å². The first kappa shape index (κ1) is 13.2. The van der Waals surface area contributed by atoms with Crippen LogP contribution in [0.2, 0.25) is 0 Å². The van der Waals surface area contributed by atoms with Gasteiger partial charge in [-0.15, -0.1) is 0 Å². The van der Waals surface area contributed by atoms with Crippen LogP contribution in [0.3, 0.4) is 0 Å². The largest absolute Gasteiger partial charge is 0.476 e. The predicted octanol–water partition coefficient (Wildman–Crippen LogP) is 2.35. The zero-order valence-corrected chi connectivity index (χ0v) is 10.7. The Hall–Kier alpha value is -2.27. The highest BCUT2D eigenvalue weighted by Crippen LogP contribution is 2.26. The van der Waals surface area contributed by atoms with Gasteiger partial charge in [-0.25, -0.2) is 0 Å². The Kier molecular flexibility index (Phi) is 4.20. The maximum atomic E-state index is 9.07. The summed E-state index contributed by atoms with van der Waals surface area (Å²) in [6.07, 6.45) is 0. The third-order valence-corrected chi connectivity index (χ3v) is 2.45. The summed E-state index contributed by atoms with van der Waals surface area (Å²) >= 11 is 0. The zero-order chi connectivity index (χ0) is 13.7. The number of benzene rings is 1. The molecule has 19 heavy (non-hydrogen) atoms. The van der Waals surface area contributed by atoms with Crippen LogP contribution >= 0.6 is 0 Å². The maximum absolute atomic E-state index is 9.07. The number of nitrogens with two attached hydrogens (primary N) is 1. The van der Waals surface area contributed by atoms with Crippen molar-refractivity contribution in [3.8, 4) is 17.5 Å². The van der Waals surface area contributed by atoms with E-state index in [2.05, 4.69) is 4.98 Å². The van der Waals surface area contributed by atoms with Crippen molar-refractivity contribution in [1.29, 1.82) is 0 Å². The number of aromatic nitrogens is 1. The summed E-state index contributed by atoms with van der Waals surface area (Å²) < 4.78 is 10.9. The van der Waals surface area contributed by atoms with Gasteiger partial charge in [-0.2, -0.15) is 4.98 Å². The standard InChI is InChI=1S/C14H16N2O3/c1-2-18-14-12(15)6-7-13(16-14)19-11-5-3-4-10(8-11)9-17/h3-8,17H,2,9,15H2,1H3. The Morgan fingerprint density at radius 2 is 2.11 bits per heavy atom. The summed E-state index contributed by atoms with van der Waals surface area (Å²) in [5, 5.41) is 9.07. The number of rotatable bonds is 5. The number of aliphatic hydroxyl groups is 1. The van der Waals surface area contributed by atoms with Crippen molar-refractivity contribution in [2.24, 2.45) is 0 Å². The third kappa shape index (κ3) is 3.35. The maximum Gasteiger partial charge on any atom is 0.240 e. The molecule has 0 unspecified atom stereocenters. The lowest BCUT2D eigenvalue weighted by Gasteiger charge is -2.09. The number of anilines is 1. The van der Waals surface area contributed by atoms with Crippen molar-refractivity contribution in [3.05, 3.63) is 42.0 Å². The van der Waals surface area contributed by atoms with Gasteiger partial charge in [-0.1, -0.05) is 12.1 Å². The molecule has 5 heteroatoms. The number of hydrogen-bond donors (Lipinski definition) is 2. The van der Waals surface area contributed by atoms with Gasteiger partial charge in [0, 0.05) is 6.07 Å². The smallest absolute Gasteiger partial charge is 0.240 e. The first-order valence-corrected chi connectivity index (χ1v) is 6.00. The molecule has 0 bridgehead atoms. The lowest BCUT2D eigenvalue weighted by atomic mass is 10.2. The average molecular weight is 260 g/mol. The van der Waals surface area contributed by atoms with E-state index in [-0.39, 0.29) is 6.61 Å². The van der Waals surface area contributed by atoms with E-state index in [1.807, 2.05) is 19.1 Å². The monoisotopic (exact) mass is 260 g/mol. The molecule has 2 aromatic rings. The number of aliphatic hydroxyl groups excluding tert-OH is 1.